The Bertz CT molecular complexity index is 249. The minimum absolute atomic E-state index is 0.427. The molecule has 0 atom stereocenters. The van der Waals surface area contributed by atoms with E-state index in [4.69, 9.17) is 9.57 Å². The van der Waals surface area contributed by atoms with E-state index in [2.05, 4.69) is 35.8 Å². The van der Waals surface area contributed by atoms with Crippen molar-refractivity contribution in [3.63, 3.8) is 0 Å². The van der Waals surface area contributed by atoms with Crippen LogP contribution < -0.4 is 0 Å². The van der Waals surface area contributed by atoms with Crippen molar-refractivity contribution in [3.05, 3.63) is 0 Å². The fourth-order valence-electron chi connectivity index (χ4n) is 2.69. The largest absolute Gasteiger partial charge is 0.373 e. The summed E-state index contributed by atoms with van der Waals surface area (Å²) in [6.07, 6.45) is 0.427. The van der Waals surface area contributed by atoms with Gasteiger partial charge in [0.2, 0.25) is 0 Å². The second kappa shape index (κ2) is 7.55. The predicted octanol–water partition coefficient (Wildman–Crippen LogP) is 0.522. The van der Waals surface area contributed by atoms with E-state index >= 15 is 0 Å². The van der Waals surface area contributed by atoms with Crippen molar-refractivity contribution >= 4 is 0 Å². The SMILES string of the molecule is CC(C)CN1CCN(OCCOC2CN(C)C2)CC1. The van der Waals surface area contributed by atoms with Crippen molar-refractivity contribution in [2.45, 2.75) is 20.0 Å². The number of likely N-dealkylation sites (N-methyl/N-ethyl adjacent to an activating group) is 1. The van der Waals surface area contributed by atoms with Gasteiger partial charge in [0.1, 0.15) is 0 Å². The molecule has 0 radical (unpaired) electrons. The molecule has 0 aromatic carbocycles. The third-order valence-corrected chi connectivity index (χ3v) is 3.70. The first-order chi connectivity index (χ1) is 9.13. The van der Waals surface area contributed by atoms with Gasteiger partial charge in [-0.05, 0) is 13.0 Å². The topological polar surface area (TPSA) is 28.2 Å². The summed E-state index contributed by atoms with van der Waals surface area (Å²) in [6, 6.07) is 0. The molecule has 2 saturated heterocycles. The Balaban J connectivity index is 1.46. The maximum absolute atomic E-state index is 5.75. The molecule has 112 valence electrons. The maximum atomic E-state index is 5.75. The van der Waals surface area contributed by atoms with Gasteiger partial charge in [-0.25, -0.2) is 0 Å². The van der Waals surface area contributed by atoms with Crippen LogP contribution in [0.4, 0.5) is 0 Å². The molecule has 0 unspecified atom stereocenters. The summed E-state index contributed by atoms with van der Waals surface area (Å²) in [4.78, 5) is 10.5. The molecule has 2 aliphatic rings. The van der Waals surface area contributed by atoms with Crippen LogP contribution in [-0.4, -0.2) is 87.0 Å². The van der Waals surface area contributed by atoms with E-state index in [-0.39, 0.29) is 0 Å². The lowest BCUT2D eigenvalue weighted by Gasteiger charge is -2.36. The van der Waals surface area contributed by atoms with Gasteiger partial charge in [0.15, 0.2) is 0 Å². The Morgan fingerprint density at radius 3 is 2.32 bits per heavy atom. The summed E-state index contributed by atoms with van der Waals surface area (Å²) < 4.78 is 5.71. The van der Waals surface area contributed by atoms with Crippen molar-refractivity contribution in [1.29, 1.82) is 0 Å². The monoisotopic (exact) mass is 271 g/mol. The average Bonchev–Trinajstić information content (AvgIpc) is 2.33. The van der Waals surface area contributed by atoms with E-state index in [1.807, 2.05) is 0 Å². The van der Waals surface area contributed by atoms with Crippen LogP contribution >= 0.6 is 0 Å². The van der Waals surface area contributed by atoms with Crippen molar-refractivity contribution in [2.24, 2.45) is 5.92 Å². The van der Waals surface area contributed by atoms with Gasteiger partial charge in [-0.1, -0.05) is 13.8 Å². The van der Waals surface area contributed by atoms with Crippen LogP contribution in [-0.2, 0) is 9.57 Å². The molecule has 5 heteroatoms. The van der Waals surface area contributed by atoms with Crippen molar-refractivity contribution in [3.8, 4) is 0 Å². The highest BCUT2D eigenvalue weighted by Gasteiger charge is 2.23. The second-order valence-electron chi connectivity index (χ2n) is 6.17. The van der Waals surface area contributed by atoms with Gasteiger partial charge >= 0.3 is 0 Å². The Hall–Kier alpha value is -0.200. The van der Waals surface area contributed by atoms with Crippen LogP contribution in [0.2, 0.25) is 0 Å². The fourth-order valence-corrected chi connectivity index (χ4v) is 2.69. The first kappa shape index (κ1) is 15.2. The zero-order valence-corrected chi connectivity index (χ0v) is 12.7. The third kappa shape index (κ3) is 5.36. The molecule has 0 amide bonds. The molecule has 2 heterocycles. The van der Waals surface area contributed by atoms with Crippen LogP contribution in [0.1, 0.15) is 13.8 Å². The molecule has 0 bridgehead atoms. The Labute approximate surface area is 117 Å². The standard InChI is InChI=1S/C14H29N3O2/c1-13(2)10-16-4-6-17(7-5-16)19-9-8-18-14-11-15(3)12-14/h13-14H,4-12H2,1-3H3. The summed E-state index contributed by atoms with van der Waals surface area (Å²) in [5, 5.41) is 2.09. The van der Waals surface area contributed by atoms with Crippen molar-refractivity contribution in [2.75, 3.05) is 66.1 Å². The minimum atomic E-state index is 0.427. The molecular formula is C14H29N3O2. The molecule has 0 aromatic heterocycles. The highest BCUT2D eigenvalue weighted by atomic mass is 16.7. The lowest BCUT2D eigenvalue weighted by molar-refractivity contribution is -0.192. The minimum Gasteiger partial charge on any atom is -0.373 e. The molecule has 5 nitrogen and oxygen atoms in total. The van der Waals surface area contributed by atoms with E-state index in [9.17, 15) is 0 Å². The number of hydroxylamine groups is 2. The molecular weight excluding hydrogens is 242 g/mol. The first-order valence-corrected chi connectivity index (χ1v) is 7.54. The average molecular weight is 271 g/mol. The smallest absolute Gasteiger partial charge is 0.0919 e. The van der Waals surface area contributed by atoms with Crippen LogP contribution in [0, 0.1) is 5.92 Å². The van der Waals surface area contributed by atoms with Crippen LogP contribution in [0.5, 0.6) is 0 Å². The normalized spacial score (nSPS) is 24.0. The summed E-state index contributed by atoms with van der Waals surface area (Å²) in [5.41, 5.74) is 0. The first-order valence-electron chi connectivity index (χ1n) is 7.54. The summed E-state index contributed by atoms with van der Waals surface area (Å²) in [6.45, 7) is 13.5. The zero-order chi connectivity index (χ0) is 13.7. The highest BCUT2D eigenvalue weighted by molar-refractivity contribution is 4.77. The number of likely N-dealkylation sites (tertiary alicyclic amines) is 1. The summed E-state index contributed by atoms with van der Waals surface area (Å²) in [7, 11) is 2.12. The predicted molar refractivity (Wildman–Crippen MR) is 76.0 cm³/mol. The molecule has 0 spiro atoms. The highest BCUT2D eigenvalue weighted by Crippen LogP contribution is 2.08. The van der Waals surface area contributed by atoms with Gasteiger partial charge in [0, 0.05) is 45.8 Å². The lowest BCUT2D eigenvalue weighted by atomic mass is 10.2. The summed E-state index contributed by atoms with van der Waals surface area (Å²) in [5.74, 6) is 0.751. The lowest BCUT2D eigenvalue weighted by Crippen LogP contribution is -2.50. The van der Waals surface area contributed by atoms with E-state index in [1.165, 1.54) is 6.54 Å². The van der Waals surface area contributed by atoms with Crippen LogP contribution in [0.3, 0.4) is 0 Å². The Kier molecular flexibility index (Phi) is 6.04. The Morgan fingerprint density at radius 2 is 1.74 bits per heavy atom. The number of piperazine rings is 1. The molecule has 0 aromatic rings. The molecule has 2 aliphatic heterocycles. The van der Waals surface area contributed by atoms with Gasteiger partial charge in [-0.2, -0.15) is 5.06 Å². The zero-order valence-electron chi connectivity index (χ0n) is 12.7. The third-order valence-electron chi connectivity index (χ3n) is 3.70. The number of hydrogen-bond donors (Lipinski definition) is 0. The van der Waals surface area contributed by atoms with Crippen molar-refractivity contribution in [1.82, 2.24) is 14.9 Å². The van der Waals surface area contributed by atoms with Crippen molar-refractivity contribution < 1.29 is 9.57 Å². The van der Waals surface area contributed by atoms with Crippen LogP contribution in [0.25, 0.3) is 0 Å². The van der Waals surface area contributed by atoms with Crippen LogP contribution in [0.15, 0.2) is 0 Å². The van der Waals surface area contributed by atoms with E-state index < -0.39 is 0 Å². The number of ether oxygens (including phenoxy) is 1. The molecule has 0 saturated carbocycles. The maximum Gasteiger partial charge on any atom is 0.0919 e. The molecule has 2 fully saturated rings. The summed E-state index contributed by atoms with van der Waals surface area (Å²) >= 11 is 0. The van der Waals surface area contributed by atoms with Gasteiger partial charge in [0.05, 0.1) is 19.3 Å². The number of hydrogen-bond acceptors (Lipinski definition) is 5. The van der Waals surface area contributed by atoms with E-state index in [1.54, 1.807) is 0 Å². The van der Waals surface area contributed by atoms with Gasteiger partial charge in [0.25, 0.3) is 0 Å². The Morgan fingerprint density at radius 1 is 1.05 bits per heavy atom. The molecule has 2 rings (SSSR count). The molecule has 0 N–H and O–H groups in total. The van der Waals surface area contributed by atoms with E-state index in [0.717, 1.165) is 45.2 Å². The number of rotatable bonds is 7. The van der Waals surface area contributed by atoms with Gasteiger partial charge in [-0.3, -0.25) is 4.84 Å². The quantitative estimate of drug-likeness (QED) is 0.630. The fraction of sp³-hybridized carbons (Fsp3) is 1.00. The second-order valence-corrected chi connectivity index (χ2v) is 6.17. The van der Waals surface area contributed by atoms with Gasteiger partial charge in [-0.15, -0.1) is 0 Å². The van der Waals surface area contributed by atoms with E-state index in [0.29, 0.717) is 19.3 Å². The number of nitrogens with zero attached hydrogens (tertiary/aromatic N) is 3. The molecule has 19 heavy (non-hydrogen) atoms. The molecule has 0 aliphatic carbocycles. The van der Waals surface area contributed by atoms with Gasteiger partial charge < -0.3 is 14.5 Å².